The van der Waals surface area contributed by atoms with E-state index < -0.39 is 0 Å². The lowest BCUT2D eigenvalue weighted by molar-refractivity contribution is -0.900. The van der Waals surface area contributed by atoms with E-state index in [9.17, 15) is 4.79 Å². The maximum absolute atomic E-state index is 11.1. The first-order valence-corrected chi connectivity index (χ1v) is 6.22. The Morgan fingerprint density at radius 3 is 2.27 bits per heavy atom. The highest BCUT2D eigenvalue weighted by atomic mass is 127. The van der Waals surface area contributed by atoms with Crippen LogP contribution in [0, 0.1) is 0 Å². The minimum Gasteiger partial charge on any atom is -0.459 e. The van der Waals surface area contributed by atoms with E-state index >= 15 is 0 Å². The highest BCUT2D eigenvalue weighted by Crippen LogP contribution is 1.99. The van der Waals surface area contributed by atoms with Gasteiger partial charge in [0.25, 0.3) is 0 Å². The number of halogens is 1. The third-order valence-corrected chi connectivity index (χ3v) is 2.46. The van der Waals surface area contributed by atoms with Crippen molar-refractivity contribution in [1.29, 1.82) is 0 Å². The maximum atomic E-state index is 11.1. The van der Waals surface area contributed by atoms with Gasteiger partial charge < -0.3 is 19.8 Å². The highest BCUT2D eigenvalue weighted by Gasteiger charge is 2.12. The fraction of sp³-hybridized carbons (Fsp3) is 0.889. The SMILES string of the molecule is CC(I)C(=O)OCC[NH+](CCO)CCO. The van der Waals surface area contributed by atoms with Gasteiger partial charge in [-0.05, 0) is 6.92 Å². The molecule has 0 fully saturated rings. The van der Waals surface area contributed by atoms with Crippen LogP contribution in [0.2, 0.25) is 0 Å². The number of aliphatic hydroxyl groups is 2. The van der Waals surface area contributed by atoms with Gasteiger partial charge in [-0.15, -0.1) is 0 Å². The van der Waals surface area contributed by atoms with Crippen LogP contribution in [-0.4, -0.2) is 59.6 Å². The molecular weight excluding hydrogens is 313 g/mol. The molecule has 0 aliphatic rings. The van der Waals surface area contributed by atoms with Crippen molar-refractivity contribution < 1.29 is 24.6 Å². The van der Waals surface area contributed by atoms with Crippen molar-refractivity contribution >= 4 is 28.6 Å². The first kappa shape index (κ1) is 15.1. The summed E-state index contributed by atoms with van der Waals surface area (Å²) < 4.78 is 4.86. The number of hydrogen-bond donors (Lipinski definition) is 3. The van der Waals surface area contributed by atoms with Crippen LogP contribution in [0.5, 0.6) is 0 Å². The van der Waals surface area contributed by atoms with E-state index in [2.05, 4.69) is 0 Å². The van der Waals surface area contributed by atoms with E-state index in [0.29, 0.717) is 26.2 Å². The summed E-state index contributed by atoms with van der Waals surface area (Å²) in [6.45, 7) is 4.01. The Morgan fingerprint density at radius 2 is 1.87 bits per heavy atom. The summed E-state index contributed by atoms with van der Waals surface area (Å²) in [6, 6.07) is 0. The molecule has 6 heteroatoms. The van der Waals surface area contributed by atoms with Gasteiger partial charge in [-0.25, -0.2) is 0 Å². The largest absolute Gasteiger partial charge is 0.459 e. The van der Waals surface area contributed by atoms with Gasteiger partial charge in [-0.2, -0.15) is 0 Å². The molecule has 0 aromatic heterocycles. The molecule has 0 aromatic rings. The van der Waals surface area contributed by atoms with Crippen molar-refractivity contribution in [1.82, 2.24) is 0 Å². The molecule has 0 rings (SSSR count). The van der Waals surface area contributed by atoms with Gasteiger partial charge in [0.2, 0.25) is 0 Å². The fourth-order valence-corrected chi connectivity index (χ4v) is 1.28. The molecule has 0 aromatic carbocycles. The van der Waals surface area contributed by atoms with Gasteiger partial charge in [0.1, 0.15) is 30.2 Å². The van der Waals surface area contributed by atoms with Gasteiger partial charge in [-0.1, -0.05) is 22.6 Å². The molecule has 90 valence electrons. The highest BCUT2D eigenvalue weighted by molar-refractivity contribution is 14.1. The second-order valence-electron chi connectivity index (χ2n) is 3.23. The Balaban J connectivity index is 3.65. The number of quaternary nitrogens is 1. The Morgan fingerprint density at radius 1 is 1.33 bits per heavy atom. The Labute approximate surface area is 104 Å². The van der Waals surface area contributed by atoms with Crippen molar-refractivity contribution in [3.05, 3.63) is 0 Å². The lowest BCUT2D eigenvalue weighted by Gasteiger charge is -2.17. The predicted molar refractivity (Wildman–Crippen MR) is 64.2 cm³/mol. The van der Waals surface area contributed by atoms with Crippen LogP contribution in [-0.2, 0) is 9.53 Å². The number of carbonyl (C=O) groups is 1. The molecule has 0 spiro atoms. The summed E-state index contributed by atoms with van der Waals surface area (Å²) >= 11 is 2.00. The van der Waals surface area contributed by atoms with Crippen LogP contribution >= 0.6 is 22.6 Å². The molecule has 0 aliphatic carbocycles. The number of aliphatic hydroxyl groups excluding tert-OH is 2. The van der Waals surface area contributed by atoms with Gasteiger partial charge in [-0.3, -0.25) is 4.79 Å². The fourth-order valence-electron chi connectivity index (χ4n) is 1.10. The van der Waals surface area contributed by atoms with E-state index in [1.807, 2.05) is 22.6 Å². The molecule has 1 unspecified atom stereocenters. The summed E-state index contributed by atoms with van der Waals surface area (Å²) in [7, 11) is 0. The number of ether oxygens (including phenoxy) is 1. The normalized spacial score (nSPS) is 12.9. The van der Waals surface area contributed by atoms with Crippen LogP contribution in [0.25, 0.3) is 0 Å². The molecule has 0 heterocycles. The Hall–Kier alpha value is 0.0800. The Kier molecular flexibility index (Phi) is 9.37. The number of carbonyl (C=O) groups excluding carboxylic acids is 1. The zero-order valence-electron chi connectivity index (χ0n) is 8.91. The summed E-state index contributed by atoms with van der Waals surface area (Å²) in [5, 5.41) is 17.5. The summed E-state index contributed by atoms with van der Waals surface area (Å²) in [4.78, 5) is 12.1. The summed E-state index contributed by atoms with van der Waals surface area (Å²) in [5.41, 5.74) is 0. The molecule has 1 atom stereocenters. The Bertz CT molecular complexity index is 171. The van der Waals surface area contributed by atoms with Crippen molar-refractivity contribution in [2.45, 2.75) is 10.8 Å². The van der Waals surface area contributed by atoms with E-state index in [1.165, 1.54) is 0 Å². The lowest BCUT2D eigenvalue weighted by atomic mass is 10.4. The molecule has 3 N–H and O–H groups in total. The number of nitrogens with one attached hydrogen (secondary N) is 1. The van der Waals surface area contributed by atoms with Crippen molar-refractivity contribution in [2.75, 3.05) is 39.5 Å². The lowest BCUT2D eigenvalue weighted by Crippen LogP contribution is -3.13. The topological polar surface area (TPSA) is 71.2 Å². The average molecular weight is 332 g/mol. The molecular formula is C9H19INO4+. The van der Waals surface area contributed by atoms with Crippen molar-refractivity contribution in [3.8, 4) is 0 Å². The first-order chi connectivity index (χ1) is 7.11. The number of esters is 1. The van der Waals surface area contributed by atoms with Crippen molar-refractivity contribution in [2.24, 2.45) is 0 Å². The molecule has 5 nitrogen and oxygen atoms in total. The number of alkyl halides is 1. The molecule has 0 aliphatic heterocycles. The summed E-state index contributed by atoms with van der Waals surface area (Å²) in [5.74, 6) is -0.219. The smallest absolute Gasteiger partial charge is 0.318 e. The van der Waals surface area contributed by atoms with E-state index in [0.717, 1.165) is 4.90 Å². The van der Waals surface area contributed by atoms with Crippen LogP contribution < -0.4 is 4.90 Å². The molecule has 0 saturated carbocycles. The average Bonchev–Trinajstić information content (AvgIpc) is 2.18. The van der Waals surface area contributed by atoms with Gasteiger partial charge in [0.15, 0.2) is 0 Å². The standard InChI is InChI=1S/C9H18INO4/c1-8(10)9(14)15-7-4-11(2-5-12)3-6-13/h8,12-13H,2-7H2,1H3/p+1. The maximum Gasteiger partial charge on any atom is 0.318 e. The molecule has 0 amide bonds. The minimum absolute atomic E-state index is 0.0754. The number of hydrogen-bond acceptors (Lipinski definition) is 4. The zero-order valence-corrected chi connectivity index (χ0v) is 11.1. The van der Waals surface area contributed by atoms with E-state index in [-0.39, 0.29) is 23.1 Å². The van der Waals surface area contributed by atoms with Gasteiger partial charge >= 0.3 is 5.97 Å². The predicted octanol–water partition coefficient (Wildman–Crippen LogP) is -1.78. The van der Waals surface area contributed by atoms with Gasteiger partial charge in [0.05, 0.1) is 13.2 Å². The van der Waals surface area contributed by atoms with Gasteiger partial charge in [0, 0.05) is 0 Å². The molecule has 0 saturated heterocycles. The zero-order chi connectivity index (χ0) is 11.7. The third-order valence-electron chi connectivity index (χ3n) is 1.96. The third kappa shape index (κ3) is 7.95. The van der Waals surface area contributed by atoms with Crippen LogP contribution in [0.4, 0.5) is 0 Å². The molecule has 0 radical (unpaired) electrons. The number of rotatable bonds is 8. The summed E-state index contributed by atoms with van der Waals surface area (Å²) in [6.07, 6.45) is 0. The monoisotopic (exact) mass is 332 g/mol. The molecule has 15 heavy (non-hydrogen) atoms. The first-order valence-electron chi connectivity index (χ1n) is 4.97. The second kappa shape index (κ2) is 9.32. The van der Waals surface area contributed by atoms with E-state index in [4.69, 9.17) is 14.9 Å². The minimum atomic E-state index is -0.219. The van der Waals surface area contributed by atoms with Crippen LogP contribution in [0.1, 0.15) is 6.92 Å². The van der Waals surface area contributed by atoms with Crippen molar-refractivity contribution in [3.63, 3.8) is 0 Å². The van der Waals surface area contributed by atoms with Crippen LogP contribution in [0.15, 0.2) is 0 Å². The quantitative estimate of drug-likeness (QED) is 0.279. The molecule has 0 bridgehead atoms. The second-order valence-corrected chi connectivity index (χ2v) is 5.10. The van der Waals surface area contributed by atoms with Crippen LogP contribution in [0.3, 0.4) is 0 Å². The van der Waals surface area contributed by atoms with E-state index in [1.54, 1.807) is 6.92 Å².